The SMILES string of the molecule is [CH3-].[NH-]Cc1ccc2ccc3ccc[c-]c3c2n1.[Os].c1ccc([PH+](CCCC[PH+](c2ccccc2)c2ccccc2)c2ccccc2)cc1. The molecule has 0 atom stereocenters. The summed E-state index contributed by atoms with van der Waals surface area (Å²) in [6.07, 6.45) is 5.20. The Morgan fingerprint density at radius 1 is 0.500 bits per heavy atom. The van der Waals surface area contributed by atoms with Crippen LogP contribution in [0.1, 0.15) is 18.5 Å². The fourth-order valence-electron chi connectivity index (χ4n) is 5.99. The van der Waals surface area contributed by atoms with Crippen LogP contribution >= 0.6 is 15.8 Å². The Labute approximate surface area is 302 Å². The molecule has 0 saturated carbocycles. The van der Waals surface area contributed by atoms with Gasteiger partial charge in [0.2, 0.25) is 0 Å². The largest absolute Gasteiger partial charge is 0.672 e. The zero-order valence-electron chi connectivity index (χ0n) is 27.4. The van der Waals surface area contributed by atoms with E-state index in [1.165, 1.54) is 46.4 Å². The van der Waals surface area contributed by atoms with Gasteiger partial charge in [0, 0.05) is 25.5 Å². The van der Waals surface area contributed by atoms with Crippen molar-refractivity contribution in [3.8, 4) is 0 Å². The first kappa shape index (κ1) is 37.3. The second-order valence-electron chi connectivity index (χ2n) is 11.4. The van der Waals surface area contributed by atoms with Gasteiger partial charge in [0.25, 0.3) is 0 Å². The van der Waals surface area contributed by atoms with Crippen LogP contribution in [0.5, 0.6) is 0 Å². The predicted octanol–water partition coefficient (Wildman–Crippen LogP) is 9.69. The third kappa shape index (κ3) is 9.76. The number of nitrogens with zero attached hydrogens (tertiary/aromatic N) is 1. The molecule has 0 unspecified atom stereocenters. The maximum Gasteiger partial charge on any atom is 0.0966 e. The molecular weight excluding hydrogens is 797 g/mol. The summed E-state index contributed by atoms with van der Waals surface area (Å²) in [5.41, 5.74) is 9.10. The van der Waals surface area contributed by atoms with Crippen molar-refractivity contribution in [1.82, 2.24) is 4.98 Å². The zero-order valence-corrected chi connectivity index (χ0v) is 32.0. The van der Waals surface area contributed by atoms with Crippen molar-refractivity contribution in [3.63, 3.8) is 0 Å². The summed E-state index contributed by atoms with van der Waals surface area (Å²) < 4.78 is 0. The van der Waals surface area contributed by atoms with Gasteiger partial charge in [0.15, 0.2) is 0 Å². The van der Waals surface area contributed by atoms with Gasteiger partial charge < -0.3 is 18.1 Å². The molecule has 0 fully saturated rings. The number of aromatic nitrogens is 1. The monoisotopic (exact) mass is 841 g/mol. The molecule has 48 heavy (non-hydrogen) atoms. The fraction of sp³-hybridized carbons (Fsp3) is 0.116. The van der Waals surface area contributed by atoms with Gasteiger partial charge in [-0.3, -0.25) is 0 Å². The Hall–Kier alpha value is -3.55. The summed E-state index contributed by atoms with van der Waals surface area (Å²) in [6, 6.07) is 61.8. The molecule has 0 amide bonds. The van der Waals surface area contributed by atoms with Crippen LogP contribution in [0, 0.1) is 13.5 Å². The van der Waals surface area contributed by atoms with E-state index in [2.05, 4.69) is 151 Å². The van der Waals surface area contributed by atoms with E-state index in [0.717, 1.165) is 27.4 Å². The van der Waals surface area contributed by atoms with Crippen LogP contribution in [0.3, 0.4) is 0 Å². The van der Waals surface area contributed by atoms with Crippen LogP contribution in [-0.2, 0) is 26.3 Å². The van der Waals surface area contributed by atoms with Gasteiger partial charge in [-0.05, 0) is 78.3 Å². The molecule has 0 spiro atoms. The fourth-order valence-corrected chi connectivity index (χ4v) is 11.4. The molecule has 244 valence electrons. The van der Waals surface area contributed by atoms with Gasteiger partial charge in [-0.25, -0.2) is 0 Å². The molecule has 0 bridgehead atoms. The average Bonchev–Trinajstić information content (AvgIpc) is 3.14. The Morgan fingerprint density at radius 3 is 1.35 bits per heavy atom. The number of benzene rings is 6. The molecule has 1 N–H and O–H groups in total. The van der Waals surface area contributed by atoms with E-state index in [-0.39, 0.29) is 33.8 Å². The molecule has 6 aromatic carbocycles. The zero-order chi connectivity index (χ0) is 31.4. The molecule has 1 heterocycles. The summed E-state index contributed by atoms with van der Waals surface area (Å²) in [5.74, 6) is 0. The number of fused-ring (bicyclic) bond motifs is 3. The van der Waals surface area contributed by atoms with Gasteiger partial charge in [0.1, 0.15) is 0 Å². The number of nitrogens with one attached hydrogen (secondary N) is 1. The quantitative estimate of drug-likeness (QED) is 0.0586. The molecule has 7 aromatic rings. The predicted molar refractivity (Wildman–Crippen MR) is 212 cm³/mol. The molecule has 0 aliphatic rings. The number of hydrogen-bond acceptors (Lipinski definition) is 1. The van der Waals surface area contributed by atoms with Crippen molar-refractivity contribution in [2.75, 3.05) is 12.3 Å². The summed E-state index contributed by atoms with van der Waals surface area (Å²) >= 11 is 0. The summed E-state index contributed by atoms with van der Waals surface area (Å²) in [7, 11) is -1.43. The van der Waals surface area contributed by atoms with Gasteiger partial charge in [-0.15, -0.1) is 41.6 Å². The van der Waals surface area contributed by atoms with E-state index in [9.17, 15) is 0 Å². The number of hydrogen-bond donors (Lipinski definition) is 0. The van der Waals surface area contributed by atoms with Crippen LogP contribution in [0.2, 0.25) is 0 Å². The summed E-state index contributed by atoms with van der Waals surface area (Å²) in [4.78, 5) is 4.50. The Kier molecular flexibility index (Phi) is 15.1. The second-order valence-corrected chi connectivity index (χ2v) is 16.6. The molecule has 2 nitrogen and oxygen atoms in total. The van der Waals surface area contributed by atoms with Crippen LogP contribution in [0.25, 0.3) is 27.4 Å². The number of rotatable bonds is 10. The molecule has 1 aromatic heterocycles. The third-order valence-electron chi connectivity index (χ3n) is 8.33. The summed E-state index contributed by atoms with van der Waals surface area (Å²) in [5, 5.41) is 9.42. The third-order valence-corrected chi connectivity index (χ3v) is 14.2. The van der Waals surface area contributed by atoms with Crippen molar-refractivity contribution in [3.05, 3.63) is 189 Å². The van der Waals surface area contributed by atoms with Crippen molar-refractivity contribution in [2.45, 2.75) is 19.4 Å². The normalized spacial score (nSPS) is 10.6. The Morgan fingerprint density at radius 2 is 0.917 bits per heavy atom. The molecule has 7 rings (SSSR count). The van der Waals surface area contributed by atoms with E-state index in [4.69, 9.17) is 5.73 Å². The number of unbranched alkanes of at least 4 members (excludes halogenated alkanes) is 1. The molecule has 0 aliphatic heterocycles. The Bertz CT molecular complexity index is 1770. The minimum atomic E-state index is -0.714. The van der Waals surface area contributed by atoms with Gasteiger partial charge in [-0.2, -0.15) is 0 Å². The first-order valence-corrected chi connectivity index (χ1v) is 19.5. The first-order chi connectivity index (χ1) is 22.8. The van der Waals surface area contributed by atoms with Gasteiger partial charge >= 0.3 is 0 Å². The minimum Gasteiger partial charge on any atom is -0.672 e. The minimum absolute atomic E-state index is 0. The van der Waals surface area contributed by atoms with Gasteiger partial charge in [0.05, 0.1) is 49.4 Å². The van der Waals surface area contributed by atoms with Crippen LogP contribution in [0.4, 0.5) is 0 Å². The maximum atomic E-state index is 7.35. The Balaban J connectivity index is 0.000000244. The average molecular weight is 840 g/mol. The molecule has 0 radical (unpaired) electrons. The van der Waals surface area contributed by atoms with Crippen LogP contribution < -0.4 is 21.2 Å². The van der Waals surface area contributed by atoms with Gasteiger partial charge in [-0.1, -0.05) is 91.0 Å². The van der Waals surface area contributed by atoms with E-state index in [0.29, 0.717) is 0 Å². The second kappa shape index (κ2) is 19.4. The van der Waals surface area contributed by atoms with Crippen LogP contribution in [0.15, 0.2) is 164 Å². The topological polar surface area (TPSA) is 36.7 Å². The molecule has 0 saturated heterocycles. The molecule has 0 aliphatic carbocycles. The van der Waals surface area contributed by atoms with Crippen LogP contribution in [-0.4, -0.2) is 17.3 Å². The van der Waals surface area contributed by atoms with E-state index in [1.54, 1.807) is 0 Å². The molecular formula is C43H43N2OsP2-. The molecule has 5 heteroatoms. The van der Waals surface area contributed by atoms with Crippen molar-refractivity contribution < 1.29 is 19.8 Å². The number of pyridine rings is 1. The van der Waals surface area contributed by atoms with Crippen molar-refractivity contribution in [1.29, 1.82) is 0 Å². The van der Waals surface area contributed by atoms with Crippen molar-refractivity contribution >= 4 is 58.7 Å². The first-order valence-electron chi connectivity index (χ1n) is 16.1. The standard InChI is InChI=1S/C28H28P2.C14H10N2.CH3.Os/c1-5-15-25(16-6-1)29(26-17-7-2-8-18-26)23-13-14-24-30(27-19-9-3-10-20-27)28-21-11-4-12-22-28;15-9-12-8-7-11-6-5-10-3-1-2-4-13(10)14(11)16-12;;/h1-12,15-22H,13-14,23-24H2;1-3,5-8,15H,9H2;1H3;/q;-2;-1;/p+2. The summed E-state index contributed by atoms with van der Waals surface area (Å²) in [6.45, 7) is 0.221. The van der Waals surface area contributed by atoms with Crippen molar-refractivity contribution in [2.24, 2.45) is 0 Å². The smallest absolute Gasteiger partial charge is 0.0966 e. The van der Waals surface area contributed by atoms with E-state index in [1.807, 2.05) is 24.3 Å². The van der Waals surface area contributed by atoms with E-state index >= 15 is 0 Å². The van der Waals surface area contributed by atoms with E-state index < -0.39 is 15.8 Å². The maximum absolute atomic E-state index is 7.35.